The van der Waals surface area contributed by atoms with Crippen molar-refractivity contribution >= 4 is 12.0 Å². The van der Waals surface area contributed by atoms with E-state index in [1.807, 2.05) is 6.92 Å². The molecule has 1 aromatic heterocycles. The summed E-state index contributed by atoms with van der Waals surface area (Å²) in [7, 11) is 0. The molecule has 0 radical (unpaired) electrons. The largest absolute Gasteiger partial charge is 0.412 e. The highest BCUT2D eigenvalue weighted by Gasteiger charge is 2.28. The lowest BCUT2D eigenvalue weighted by Gasteiger charge is -2.34. The molecule has 2 amide bonds. The Bertz CT molecular complexity index is 767. The molecule has 32 heavy (non-hydrogen) atoms. The first-order chi connectivity index (χ1) is 15.3. The first-order valence-corrected chi connectivity index (χ1v) is 11.3. The average molecular weight is 452 g/mol. The topological polar surface area (TPSA) is 124 Å². The first-order valence-electron chi connectivity index (χ1n) is 11.3. The van der Waals surface area contributed by atoms with E-state index >= 15 is 0 Å². The van der Waals surface area contributed by atoms with Crippen LogP contribution in [0.25, 0.3) is 0 Å². The average Bonchev–Trinajstić information content (AvgIpc) is 2.80. The van der Waals surface area contributed by atoms with Gasteiger partial charge in [-0.05, 0) is 56.4 Å². The van der Waals surface area contributed by atoms with E-state index in [4.69, 9.17) is 4.74 Å². The van der Waals surface area contributed by atoms with E-state index in [1.54, 1.807) is 22.9 Å². The molecule has 0 bridgehead atoms. The summed E-state index contributed by atoms with van der Waals surface area (Å²) in [6.07, 6.45) is 8.61. The van der Waals surface area contributed by atoms with Crippen LogP contribution >= 0.6 is 0 Å². The summed E-state index contributed by atoms with van der Waals surface area (Å²) in [4.78, 5) is 38.6. The van der Waals surface area contributed by atoms with Crippen LogP contribution in [-0.2, 0) is 16.3 Å². The standard InChI is InChI=1S/C22H34N4O6/c1-4-16(2)18-7-9-19(10-8-18)17(3)24-22(28)31-15-25-12-5-6-20(14-25)21(27)23-11-13-32-26(29)30/h5-6,12,14,16-19H,4,7-11,13,15H2,1-3H3,(H-,23,24,27,28)/p+1/t16-,17-,18?,19?/m0/s1. The number of amides is 2. The van der Waals surface area contributed by atoms with Crippen LogP contribution in [0.3, 0.4) is 0 Å². The first kappa shape index (κ1) is 25.4. The zero-order valence-electron chi connectivity index (χ0n) is 19.1. The Hall–Kier alpha value is -2.91. The lowest BCUT2D eigenvalue weighted by atomic mass is 9.74. The molecule has 2 rings (SSSR count). The molecular formula is C22H35N4O6+. The van der Waals surface area contributed by atoms with Crippen molar-refractivity contribution in [3.63, 3.8) is 0 Å². The number of hydrogen-bond donors (Lipinski definition) is 2. The van der Waals surface area contributed by atoms with Gasteiger partial charge in [-0.3, -0.25) is 4.79 Å². The van der Waals surface area contributed by atoms with Gasteiger partial charge in [0.15, 0.2) is 12.4 Å². The van der Waals surface area contributed by atoms with Crippen LogP contribution in [0.15, 0.2) is 24.5 Å². The van der Waals surface area contributed by atoms with Crippen LogP contribution in [0.4, 0.5) is 4.79 Å². The predicted octanol–water partition coefficient (Wildman–Crippen LogP) is 2.84. The Kier molecular flexibility index (Phi) is 10.2. The number of nitrogens with zero attached hydrogens (tertiary/aromatic N) is 2. The lowest BCUT2D eigenvalue weighted by Crippen LogP contribution is -2.43. The fourth-order valence-corrected chi connectivity index (χ4v) is 4.15. The summed E-state index contributed by atoms with van der Waals surface area (Å²) >= 11 is 0. The molecule has 1 aliphatic carbocycles. The molecule has 0 saturated heterocycles. The Morgan fingerprint density at radius 2 is 1.94 bits per heavy atom. The Morgan fingerprint density at radius 3 is 2.59 bits per heavy atom. The van der Waals surface area contributed by atoms with Crippen molar-refractivity contribution in [3.8, 4) is 0 Å². The van der Waals surface area contributed by atoms with Crippen molar-refractivity contribution in [1.82, 2.24) is 10.6 Å². The molecule has 10 nitrogen and oxygen atoms in total. The summed E-state index contributed by atoms with van der Waals surface area (Å²) in [5.74, 6) is 1.60. The summed E-state index contributed by atoms with van der Waals surface area (Å²) in [5, 5.41) is 14.7. The van der Waals surface area contributed by atoms with Crippen LogP contribution < -0.4 is 15.2 Å². The number of rotatable bonds is 11. The number of aromatic nitrogens is 1. The number of carbonyl (C=O) groups is 2. The van der Waals surface area contributed by atoms with E-state index < -0.39 is 17.1 Å². The van der Waals surface area contributed by atoms with Gasteiger partial charge in [0.1, 0.15) is 12.2 Å². The minimum Gasteiger partial charge on any atom is -0.388 e. The minimum absolute atomic E-state index is 0.00473. The van der Waals surface area contributed by atoms with Gasteiger partial charge in [0.25, 0.3) is 17.7 Å². The Labute approximate surface area is 188 Å². The maximum absolute atomic E-state index is 12.2. The molecule has 2 N–H and O–H groups in total. The quantitative estimate of drug-likeness (QED) is 0.231. The second-order valence-electron chi connectivity index (χ2n) is 8.47. The van der Waals surface area contributed by atoms with Crippen molar-refractivity contribution in [1.29, 1.82) is 0 Å². The van der Waals surface area contributed by atoms with Crippen molar-refractivity contribution in [2.75, 3.05) is 13.2 Å². The number of alkyl carbamates (subject to hydrolysis) is 1. The molecule has 1 heterocycles. The molecular weight excluding hydrogens is 416 g/mol. The van der Waals surface area contributed by atoms with Gasteiger partial charge in [-0.25, -0.2) is 4.79 Å². The summed E-state index contributed by atoms with van der Waals surface area (Å²) in [6, 6.07) is 3.30. The Balaban J connectivity index is 1.74. The summed E-state index contributed by atoms with van der Waals surface area (Å²) in [6.45, 7) is 6.33. The van der Waals surface area contributed by atoms with Crippen molar-refractivity contribution in [2.24, 2.45) is 17.8 Å². The third-order valence-electron chi connectivity index (χ3n) is 6.37. The van der Waals surface area contributed by atoms with Crippen LogP contribution in [0.2, 0.25) is 0 Å². The third kappa shape index (κ3) is 8.32. The van der Waals surface area contributed by atoms with E-state index in [2.05, 4.69) is 29.3 Å². The molecule has 10 heteroatoms. The fourth-order valence-electron chi connectivity index (χ4n) is 4.15. The number of pyridine rings is 1. The van der Waals surface area contributed by atoms with Crippen LogP contribution in [0.1, 0.15) is 63.2 Å². The predicted molar refractivity (Wildman–Crippen MR) is 116 cm³/mol. The minimum atomic E-state index is -0.913. The van der Waals surface area contributed by atoms with Gasteiger partial charge in [-0.1, -0.05) is 20.3 Å². The van der Waals surface area contributed by atoms with E-state index in [0.717, 1.165) is 24.7 Å². The number of carbonyl (C=O) groups excluding carboxylic acids is 2. The zero-order valence-corrected chi connectivity index (χ0v) is 19.1. The van der Waals surface area contributed by atoms with Crippen molar-refractivity contribution < 1.29 is 28.8 Å². The van der Waals surface area contributed by atoms with E-state index in [9.17, 15) is 19.7 Å². The van der Waals surface area contributed by atoms with E-state index in [0.29, 0.717) is 11.5 Å². The maximum atomic E-state index is 12.2. The van der Waals surface area contributed by atoms with E-state index in [-0.39, 0.29) is 25.9 Å². The SMILES string of the molecule is CC[C@H](C)C1CCC([C@H](C)NC(=O)OC[n+]2cccc(C(=O)NCCO[N+](=O)[O-])c2)CC1. The van der Waals surface area contributed by atoms with Gasteiger partial charge < -0.3 is 20.2 Å². The molecule has 178 valence electrons. The van der Waals surface area contributed by atoms with Gasteiger partial charge in [-0.2, -0.15) is 4.57 Å². The Morgan fingerprint density at radius 1 is 1.25 bits per heavy atom. The molecule has 1 aliphatic rings. The highest BCUT2D eigenvalue weighted by Crippen LogP contribution is 2.35. The molecule has 0 aliphatic heterocycles. The molecule has 0 spiro atoms. The lowest BCUT2D eigenvalue weighted by molar-refractivity contribution is -0.757. The van der Waals surface area contributed by atoms with Crippen LogP contribution in [0, 0.1) is 27.9 Å². The van der Waals surface area contributed by atoms with Crippen molar-refractivity contribution in [2.45, 2.75) is 65.6 Å². The number of hydrogen-bond acceptors (Lipinski definition) is 6. The molecule has 1 fully saturated rings. The third-order valence-corrected chi connectivity index (χ3v) is 6.37. The van der Waals surface area contributed by atoms with Crippen LogP contribution in [0.5, 0.6) is 0 Å². The maximum Gasteiger partial charge on any atom is 0.412 e. The van der Waals surface area contributed by atoms with Gasteiger partial charge in [0.2, 0.25) is 0 Å². The molecule has 1 aromatic rings. The smallest absolute Gasteiger partial charge is 0.388 e. The highest BCUT2D eigenvalue weighted by atomic mass is 16.9. The molecule has 2 atom stereocenters. The fraction of sp³-hybridized carbons (Fsp3) is 0.682. The van der Waals surface area contributed by atoms with E-state index in [1.165, 1.54) is 25.5 Å². The molecule has 1 saturated carbocycles. The molecule has 0 unspecified atom stereocenters. The van der Waals surface area contributed by atoms with Gasteiger partial charge in [0, 0.05) is 18.7 Å². The molecule has 0 aromatic carbocycles. The zero-order chi connectivity index (χ0) is 23.5. The second-order valence-corrected chi connectivity index (χ2v) is 8.47. The van der Waals surface area contributed by atoms with Crippen LogP contribution in [-0.4, -0.2) is 36.3 Å². The second kappa shape index (κ2) is 12.8. The normalized spacial score (nSPS) is 20.0. The monoisotopic (exact) mass is 451 g/mol. The summed E-state index contributed by atoms with van der Waals surface area (Å²) < 4.78 is 6.89. The number of nitrogens with one attached hydrogen (secondary N) is 2. The summed E-state index contributed by atoms with van der Waals surface area (Å²) in [5.41, 5.74) is 0.337. The van der Waals surface area contributed by atoms with Crippen molar-refractivity contribution in [3.05, 3.63) is 40.2 Å². The number of ether oxygens (including phenoxy) is 1. The highest BCUT2D eigenvalue weighted by molar-refractivity contribution is 5.93. The van der Waals surface area contributed by atoms with Gasteiger partial charge >= 0.3 is 6.09 Å². The van der Waals surface area contributed by atoms with Gasteiger partial charge in [-0.15, -0.1) is 10.1 Å². The van der Waals surface area contributed by atoms with Gasteiger partial charge in [0.05, 0.1) is 0 Å².